The summed E-state index contributed by atoms with van der Waals surface area (Å²) in [5.41, 5.74) is 3.01. The van der Waals surface area contributed by atoms with Crippen LogP contribution in [0.4, 0.5) is 5.69 Å². The molecule has 0 fully saturated rings. The van der Waals surface area contributed by atoms with Crippen LogP contribution in [0.25, 0.3) is 10.9 Å². The number of pyridine rings is 1. The highest BCUT2D eigenvalue weighted by Gasteiger charge is 2.13. The lowest BCUT2D eigenvalue weighted by Gasteiger charge is -2.14. The Bertz CT molecular complexity index is 582. The van der Waals surface area contributed by atoms with Gasteiger partial charge >= 0.3 is 0 Å². The van der Waals surface area contributed by atoms with E-state index >= 15 is 0 Å². The van der Waals surface area contributed by atoms with Gasteiger partial charge in [-0.05, 0) is 24.1 Å². The molecule has 0 aliphatic heterocycles. The predicted molar refractivity (Wildman–Crippen MR) is 79.6 cm³/mol. The van der Waals surface area contributed by atoms with Crippen LogP contribution in [0.15, 0.2) is 22.7 Å². The van der Waals surface area contributed by atoms with Crippen LogP contribution in [0.1, 0.15) is 25.5 Å². The summed E-state index contributed by atoms with van der Waals surface area (Å²) < 4.78 is 6.42. The smallest absolute Gasteiger partial charge is 0.145 e. The van der Waals surface area contributed by atoms with Gasteiger partial charge in [-0.25, -0.2) is 4.98 Å². The molecule has 0 radical (unpaired) electrons. The molecule has 0 amide bonds. The molecule has 0 aliphatic rings. The number of ether oxygens (including phenoxy) is 1. The third kappa shape index (κ3) is 2.17. The highest BCUT2D eigenvalue weighted by Crippen LogP contribution is 2.36. The van der Waals surface area contributed by atoms with E-state index in [-0.39, 0.29) is 0 Å². The van der Waals surface area contributed by atoms with Gasteiger partial charge < -0.3 is 10.1 Å². The van der Waals surface area contributed by atoms with Crippen LogP contribution >= 0.6 is 15.9 Å². The molecule has 1 aromatic carbocycles. The number of anilines is 1. The summed E-state index contributed by atoms with van der Waals surface area (Å²) in [7, 11) is 3.59. The lowest BCUT2D eigenvalue weighted by molar-refractivity contribution is 0.418. The third-order valence-corrected chi connectivity index (χ3v) is 3.63. The standard InChI is InChI=1S/C14H17BrN2O/c1-8(2)10-7-11(16-3)13-9(15)5-6-12(18-4)14(13)17-10/h5-8H,1-4H3,(H,16,17). The van der Waals surface area contributed by atoms with Gasteiger partial charge in [-0.1, -0.05) is 29.8 Å². The molecule has 0 spiro atoms. The minimum absolute atomic E-state index is 0.380. The molecular formula is C14H17BrN2O. The molecule has 0 atom stereocenters. The second-order valence-electron chi connectivity index (χ2n) is 4.47. The van der Waals surface area contributed by atoms with Crippen LogP contribution in [0.3, 0.4) is 0 Å². The molecule has 0 unspecified atom stereocenters. The van der Waals surface area contributed by atoms with Gasteiger partial charge in [0.25, 0.3) is 0 Å². The molecule has 1 heterocycles. The first-order chi connectivity index (χ1) is 8.58. The summed E-state index contributed by atoms with van der Waals surface area (Å²) in [6.07, 6.45) is 0. The van der Waals surface area contributed by atoms with Crippen molar-refractivity contribution < 1.29 is 4.74 Å². The van der Waals surface area contributed by atoms with Crippen molar-refractivity contribution in [3.05, 3.63) is 28.4 Å². The maximum Gasteiger partial charge on any atom is 0.145 e. The van der Waals surface area contributed by atoms with E-state index in [2.05, 4.69) is 41.2 Å². The molecule has 1 aromatic heterocycles. The lowest BCUT2D eigenvalue weighted by atomic mass is 10.1. The van der Waals surface area contributed by atoms with Gasteiger partial charge in [-0.2, -0.15) is 0 Å². The third-order valence-electron chi connectivity index (χ3n) is 2.97. The summed E-state index contributed by atoms with van der Waals surface area (Å²) in [5.74, 6) is 1.18. The number of nitrogens with zero attached hydrogens (tertiary/aromatic N) is 1. The summed E-state index contributed by atoms with van der Waals surface area (Å²) >= 11 is 3.58. The van der Waals surface area contributed by atoms with Gasteiger partial charge in [0.15, 0.2) is 0 Å². The molecule has 18 heavy (non-hydrogen) atoms. The van der Waals surface area contributed by atoms with E-state index in [9.17, 15) is 0 Å². The minimum Gasteiger partial charge on any atom is -0.494 e. The number of aromatic nitrogens is 1. The first-order valence-corrected chi connectivity index (χ1v) is 6.72. The largest absolute Gasteiger partial charge is 0.494 e. The fourth-order valence-electron chi connectivity index (χ4n) is 1.95. The van der Waals surface area contributed by atoms with Gasteiger partial charge in [0.05, 0.1) is 7.11 Å². The Hall–Kier alpha value is -1.29. The Morgan fingerprint density at radius 3 is 2.61 bits per heavy atom. The van der Waals surface area contributed by atoms with E-state index in [0.717, 1.165) is 32.5 Å². The number of fused-ring (bicyclic) bond motifs is 1. The summed E-state index contributed by atoms with van der Waals surface area (Å²) in [6.45, 7) is 4.27. The normalized spacial score (nSPS) is 11.0. The Kier molecular flexibility index (Phi) is 3.76. The van der Waals surface area contributed by atoms with Crippen LogP contribution in [-0.4, -0.2) is 19.1 Å². The van der Waals surface area contributed by atoms with Crippen molar-refractivity contribution in [2.45, 2.75) is 19.8 Å². The molecular weight excluding hydrogens is 292 g/mol. The van der Waals surface area contributed by atoms with Crippen molar-refractivity contribution in [1.82, 2.24) is 4.98 Å². The van der Waals surface area contributed by atoms with Gasteiger partial charge in [0, 0.05) is 28.3 Å². The van der Waals surface area contributed by atoms with Crippen molar-refractivity contribution in [3.8, 4) is 5.75 Å². The van der Waals surface area contributed by atoms with E-state index in [0.29, 0.717) is 5.92 Å². The highest BCUT2D eigenvalue weighted by molar-refractivity contribution is 9.10. The molecule has 4 heteroatoms. The van der Waals surface area contributed by atoms with Crippen LogP contribution in [0.5, 0.6) is 5.75 Å². The Balaban J connectivity index is 2.86. The maximum atomic E-state index is 5.41. The second-order valence-corrected chi connectivity index (χ2v) is 5.33. The summed E-state index contributed by atoms with van der Waals surface area (Å²) in [5, 5.41) is 4.29. The fourth-order valence-corrected chi connectivity index (χ4v) is 2.49. The van der Waals surface area contributed by atoms with Crippen LogP contribution in [0, 0.1) is 0 Å². The summed E-state index contributed by atoms with van der Waals surface area (Å²) in [6, 6.07) is 6.01. The molecule has 0 saturated carbocycles. The molecule has 2 rings (SSSR count). The molecule has 0 aliphatic carbocycles. The van der Waals surface area contributed by atoms with Crippen molar-refractivity contribution in [1.29, 1.82) is 0 Å². The van der Waals surface area contributed by atoms with Crippen molar-refractivity contribution >= 4 is 32.5 Å². The number of nitrogens with one attached hydrogen (secondary N) is 1. The highest BCUT2D eigenvalue weighted by atomic mass is 79.9. The first kappa shape index (κ1) is 13.1. The zero-order chi connectivity index (χ0) is 13.3. The Morgan fingerprint density at radius 2 is 2.06 bits per heavy atom. The SMILES string of the molecule is CNc1cc(C(C)C)nc2c(OC)ccc(Br)c12. The number of halogens is 1. The average Bonchev–Trinajstić information content (AvgIpc) is 2.37. The molecule has 1 N–H and O–H groups in total. The molecule has 3 nitrogen and oxygen atoms in total. The number of hydrogen-bond acceptors (Lipinski definition) is 3. The lowest BCUT2D eigenvalue weighted by Crippen LogP contribution is -2.00. The monoisotopic (exact) mass is 308 g/mol. The summed E-state index contributed by atoms with van der Waals surface area (Å²) in [4.78, 5) is 4.72. The van der Waals surface area contributed by atoms with Crippen molar-refractivity contribution in [2.75, 3.05) is 19.5 Å². The van der Waals surface area contributed by atoms with Crippen LogP contribution in [0.2, 0.25) is 0 Å². The van der Waals surface area contributed by atoms with E-state index < -0.39 is 0 Å². The predicted octanol–water partition coefficient (Wildman–Crippen LogP) is 4.17. The van der Waals surface area contributed by atoms with E-state index in [4.69, 9.17) is 9.72 Å². The number of benzene rings is 1. The first-order valence-electron chi connectivity index (χ1n) is 5.93. The number of methoxy groups -OCH3 is 1. The van der Waals surface area contributed by atoms with Gasteiger partial charge in [-0.15, -0.1) is 0 Å². The van der Waals surface area contributed by atoms with Gasteiger partial charge in [-0.3, -0.25) is 0 Å². The molecule has 0 bridgehead atoms. The molecule has 96 valence electrons. The second kappa shape index (κ2) is 5.14. The van der Waals surface area contributed by atoms with E-state index in [1.54, 1.807) is 7.11 Å². The fraction of sp³-hybridized carbons (Fsp3) is 0.357. The Morgan fingerprint density at radius 1 is 1.33 bits per heavy atom. The number of rotatable bonds is 3. The van der Waals surface area contributed by atoms with Crippen LogP contribution in [-0.2, 0) is 0 Å². The van der Waals surface area contributed by atoms with E-state index in [1.807, 2.05) is 19.2 Å². The van der Waals surface area contributed by atoms with Crippen molar-refractivity contribution in [2.24, 2.45) is 0 Å². The Labute approximate surface area is 116 Å². The van der Waals surface area contributed by atoms with E-state index in [1.165, 1.54) is 0 Å². The quantitative estimate of drug-likeness (QED) is 0.924. The number of hydrogen-bond donors (Lipinski definition) is 1. The maximum absolute atomic E-state index is 5.41. The molecule has 2 aromatic rings. The van der Waals surface area contributed by atoms with Gasteiger partial charge in [0.1, 0.15) is 11.3 Å². The zero-order valence-electron chi connectivity index (χ0n) is 11.0. The minimum atomic E-state index is 0.380. The van der Waals surface area contributed by atoms with Gasteiger partial charge in [0.2, 0.25) is 0 Å². The average molecular weight is 309 g/mol. The van der Waals surface area contributed by atoms with Crippen LogP contribution < -0.4 is 10.1 Å². The zero-order valence-corrected chi connectivity index (χ0v) is 12.6. The topological polar surface area (TPSA) is 34.2 Å². The van der Waals surface area contributed by atoms with Crippen molar-refractivity contribution in [3.63, 3.8) is 0 Å². The molecule has 0 saturated heterocycles.